The number of carbonyl (C=O) groups excluding carboxylic acids is 1. The lowest BCUT2D eigenvalue weighted by Crippen LogP contribution is -2.46. The molecule has 0 aromatic carbocycles. The number of carboxylic acid groups (broad SMARTS) is 1. The topological polar surface area (TPSA) is 87.7 Å². The van der Waals surface area contributed by atoms with E-state index in [0.717, 1.165) is 19.3 Å². The molecule has 0 aliphatic heterocycles. The van der Waals surface area contributed by atoms with E-state index in [4.69, 9.17) is 9.84 Å². The standard InChI is InChI=1S/C14H26N2O4/c1-4-10-5-6-12(9(10)2)16-14(19)15-8-11(20-3)7-13(17)18/h9-12H,4-8H2,1-3H3,(H,17,18)(H2,15,16,19). The molecule has 20 heavy (non-hydrogen) atoms. The first-order valence-corrected chi connectivity index (χ1v) is 7.26. The van der Waals surface area contributed by atoms with Crippen molar-refractivity contribution in [3.8, 4) is 0 Å². The van der Waals surface area contributed by atoms with Gasteiger partial charge in [-0.25, -0.2) is 4.79 Å². The van der Waals surface area contributed by atoms with Crippen LogP contribution < -0.4 is 10.6 Å². The van der Waals surface area contributed by atoms with Crippen molar-refractivity contribution in [3.63, 3.8) is 0 Å². The van der Waals surface area contributed by atoms with Gasteiger partial charge >= 0.3 is 12.0 Å². The zero-order valence-corrected chi connectivity index (χ0v) is 12.5. The summed E-state index contributed by atoms with van der Waals surface area (Å²) in [5.74, 6) is 0.233. The lowest BCUT2D eigenvalue weighted by molar-refractivity contribution is -0.139. The molecule has 1 saturated carbocycles. The minimum absolute atomic E-state index is 0.117. The van der Waals surface area contributed by atoms with Crippen LogP contribution in [0.15, 0.2) is 0 Å². The fourth-order valence-electron chi connectivity index (χ4n) is 2.89. The second-order valence-electron chi connectivity index (χ2n) is 5.52. The lowest BCUT2D eigenvalue weighted by atomic mass is 9.94. The zero-order chi connectivity index (χ0) is 15.1. The van der Waals surface area contributed by atoms with Gasteiger partial charge in [-0.1, -0.05) is 20.3 Å². The van der Waals surface area contributed by atoms with E-state index in [1.807, 2.05) is 0 Å². The van der Waals surface area contributed by atoms with Crippen LogP contribution in [0, 0.1) is 11.8 Å². The summed E-state index contributed by atoms with van der Waals surface area (Å²) in [6.07, 6.45) is 2.70. The van der Waals surface area contributed by atoms with Crippen molar-refractivity contribution in [2.75, 3.05) is 13.7 Å². The predicted octanol–water partition coefficient (Wildman–Crippen LogP) is 1.60. The highest BCUT2D eigenvalue weighted by molar-refractivity contribution is 5.74. The third-order valence-electron chi connectivity index (χ3n) is 4.29. The molecule has 0 spiro atoms. The summed E-state index contributed by atoms with van der Waals surface area (Å²) in [5.41, 5.74) is 0. The van der Waals surface area contributed by atoms with E-state index in [9.17, 15) is 9.59 Å². The summed E-state index contributed by atoms with van der Waals surface area (Å²) in [7, 11) is 1.44. The van der Waals surface area contributed by atoms with Crippen LogP contribution in [-0.4, -0.2) is 42.9 Å². The molecule has 4 unspecified atom stereocenters. The number of urea groups is 1. The van der Waals surface area contributed by atoms with Gasteiger partial charge in [-0.05, 0) is 24.7 Å². The summed E-state index contributed by atoms with van der Waals surface area (Å²) >= 11 is 0. The molecule has 1 aliphatic rings. The van der Waals surface area contributed by atoms with Crippen molar-refractivity contribution in [3.05, 3.63) is 0 Å². The molecule has 2 amide bonds. The van der Waals surface area contributed by atoms with Crippen molar-refractivity contribution < 1.29 is 19.4 Å². The van der Waals surface area contributed by atoms with Gasteiger partial charge in [-0.3, -0.25) is 4.79 Å². The molecule has 6 heteroatoms. The Bertz CT molecular complexity index is 335. The molecule has 0 aromatic heterocycles. The molecule has 116 valence electrons. The van der Waals surface area contributed by atoms with Gasteiger partial charge in [0.2, 0.25) is 0 Å². The Labute approximate surface area is 120 Å². The van der Waals surface area contributed by atoms with Gasteiger partial charge in [0.05, 0.1) is 12.5 Å². The molecule has 1 aliphatic carbocycles. The van der Waals surface area contributed by atoms with Crippen LogP contribution in [0.25, 0.3) is 0 Å². The van der Waals surface area contributed by atoms with Crippen LogP contribution in [0.5, 0.6) is 0 Å². The molecule has 3 N–H and O–H groups in total. The summed E-state index contributed by atoms with van der Waals surface area (Å²) in [6, 6.07) is -0.0357. The molecule has 0 radical (unpaired) electrons. The summed E-state index contributed by atoms with van der Waals surface area (Å²) in [6.45, 7) is 4.56. The van der Waals surface area contributed by atoms with Crippen molar-refractivity contribution in [2.24, 2.45) is 11.8 Å². The first kappa shape index (κ1) is 16.8. The van der Waals surface area contributed by atoms with E-state index < -0.39 is 12.1 Å². The van der Waals surface area contributed by atoms with Crippen LogP contribution >= 0.6 is 0 Å². The smallest absolute Gasteiger partial charge is 0.315 e. The average molecular weight is 286 g/mol. The number of hydrogen-bond acceptors (Lipinski definition) is 3. The molecule has 0 bridgehead atoms. The van der Waals surface area contributed by atoms with Gasteiger partial charge in [0.1, 0.15) is 0 Å². The Hall–Kier alpha value is -1.30. The molecule has 4 atom stereocenters. The highest BCUT2D eigenvalue weighted by Crippen LogP contribution is 2.33. The predicted molar refractivity (Wildman–Crippen MR) is 75.6 cm³/mol. The number of carbonyl (C=O) groups is 2. The molecule has 0 saturated heterocycles. The number of rotatable bonds is 7. The van der Waals surface area contributed by atoms with E-state index >= 15 is 0 Å². The third kappa shape index (κ3) is 5.00. The number of hydrogen-bond donors (Lipinski definition) is 3. The van der Waals surface area contributed by atoms with Gasteiger partial charge in [0.25, 0.3) is 0 Å². The average Bonchev–Trinajstić information content (AvgIpc) is 2.75. The van der Waals surface area contributed by atoms with Gasteiger partial charge < -0.3 is 20.5 Å². The van der Waals surface area contributed by atoms with E-state index in [1.54, 1.807) is 0 Å². The van der Waals surface area contributed by atoms with Crippen LogP contribution in [0.2, 0.25) is 0 Å². The van der Waals surface area contributed by atoms with Crippen LogP contribution in [-0.2, 0) is 9.53 Å². The Balaban J connectivity index is 2.31. The highest BCUT2D eigenvalue weighted by atomic mass is 16.5. The lowest BCUT2D eigenvalue weighted by Gasteiger charge is -2.22. The minimum Gasteiger partial charge on any atom is -0.481 e. The maximum absolute atomic E-state index is 11.8. The molecule has 0 aromatic rings. The number of nitrogens with one attached hydrogen (secondary N) is 2. The second kappa shape index (κ2) is 8.09. The van der Waals surface area contributed by atoms with E-state index in [1.165, 1.54) is 7.11 Å². The molecular weight excluding hydrogens is 260 g/mol. The van der Waals surface area contributed by atoms with E-state index in [0.29, 0.717) is 11.8 Å². The van der Waals surface area contributed by atoms with Crippen LogP contribution in [0.1, 0.15) is 39.5 Å². The van der Waals surface area contributed by atoms with Crippen molar-refractivity contribution >= 4 is 12.0 Å². The van der Waals surface area contributed by atoms with E-state index in [-0.39, 0.29) is 25.0 Å². The van der Waals surface area contributed by atoms with Gasteiger partial charge in [-0.15, -0.1) is 0 Å². The van der Waals surface area contributed by atoms with Crippen molar-refractivity contribution in [2.45, 2.75) is 51.7 Å². The fourth-order valence-corrected chi connectivity index (χ4v) is 2.89. The quantitative estimate of drug-likeness (QED) is 0.663. The first-order chi connectivity index (χ1) is 9.47. The summed E-state index contributed by atoms with van der Waals surface area (Å²) in [4.78, 5) is 22.4. The Morgan fingerprint density at radius 1 is 1.40 bits per heavy atom. The summed E-state index contributed by atoms with van der Waals surface area (Å²) in [5, 5.41) is 14.3. The Morgan fingerprint density at radius 2 is 2.10 bits per heavy atom. The molecular formula is C14H26N2O4. The SMILES string of the molecule is CCC1CCC(NC(=O)NCC(CC(=O)O)OC)C1C. The van der Waals surface area contributed by atoms with E-state index in [2.05, 4.69) is 24.5 Å². The van der Waals surface area contributed by atoms with Crippen molar-refractivity contribution in [1.82, 2.24) is 10.6 Å². The zero-order valence-electron chi connectivity index (χ0n) is 12.5. The number of methoxy groups -OCH3 is 1. The normalized spacial score (nSPS) is 27.1. The van der Waals surface area contributed by atoms with Gasteiger partial charge in [-0.2, -0.15) is 0 Å². The van der Waals surface area contributed by atoms with Crippen molar-refractivity contribution in [1.29, 1.82) is 0 Å². The molecule has 1 rings (SSSR count). The number of ether oxygens (including phenoxy) is 1. The third-order valence-corrected chi connectivity index (χ3v) is 4.29. The minimum atomic E-state index is -0.936. The number of carboxylic acids is 1. The first-order valence-electron chi connectivity index (χ1n) is 7.26. The molecule has 1 fully saturated rings. The second-order valence-corrected chi connectivity index (χ2v) is 5.52. The highest BCUT2D eigenvalue weighted by Gasteiger charge is 2.32. The summed E-state index contributed by atoms with van der Waals surface area (Å²) < 4.78 is 5.01. The van der Waals surface area contributed by atoms with Gasteiger partial charge in [0.15, 0.2) is 0 Å². The largest absolute Gasteiger partial charge is 0.481 e. The molecule has 0 heterocycles. The number of aliphatic carboxylic acids is 1. The Kier molecular flexibility index (Phi) is 6.78. The molecule has 6 nitrogen and oxygen atoms in total. The van der Waals surface area contributed by atoms with Gasteiger partial charge in [0, 0.05) is 19.7 Å². The Morgan fingerprint density at radius 3 is 2.60 bits per heavy atom. The maximum Gasteiger partial charge on any atom is 0.315 e. The van der Waals surface area contributed by atoms with Crippen LogP contribution in [0.3, 0.4) is 0 Å². The van der Waals surface area contributed by atoms with Crippen LogP contribution in [0.4, 0.5) is 4.79 Å². The number of amides is 2. The fraction of sp³-hybridized carbons (Fsp3) is 0.857. The monoisotopic (exact) mass is 286 g/mol. The maximum atomic E-state index is 11.8.